The van der Waals surface area contributed by atoms with Crippen molar-refractivity contribution >= 4 is 6.29 Å². The summed E-state index contributed by atoms with van der Waals surface area (Å²) in [6.45, 7) is 2.06. The van der Waals surface area contributed by atoms with Crippen molar-refractivity contribution < 1.29 is 14.6 Å². The number of hydrogen-bond acceptors (Lipinski definition) is 5. The quantitative estimate of drug-likeness (QED) is 0.115. The van der Waals surface area contributed by atoms with Crippen LogP contribution in [-0.4, -0.2) is 16.1 Å². The van der Waals surface area contributed by atoms with Crippen LogP contribution < -0.4 is 0 Å². The van der Waals surface area contributed by atoms with Crippen molar-refractivity contribution in [3.63, 3.8) is 0 Å². The van der Waals surface area contributed by atoms with Crippen molar-refractivity contribution in [2.75, 3.05) is 0 Å². The second-order valence-electron chi connectivity index (χ2n) is 6.08. The number of nitro groups is 2. The second-order valence-corrected chi connectivity index (χ2v) is 6.08. The molecule has 7 nitrogen and oxygen atoms in total. The lowest BCUT2D eigenvalue weighted by Gasteiger charge is -1.97. The summed E-state index contributed by atoms with van der Waals surface area (Å²) in [7, 11) is 0. The topological polar surface area (TPSA) is 103 Å². The number of hydrogen-bond donors (Lipinski definition) is 0. The summed E-state index contributed by atoms with van der Waals surface area (Å²) >= 11 is 0. The SMILES string of the molecule is CCCCC/C(=C\C/C=C\C/C=C\C/C(=C\CCCC=O)[N+](=O)[O-])[N+](=O)[O-]. The fourth-order valence-electron chi connectivity index (χ4n) is 2.30. The van der Waals surface area contributed by atoms with E-state index in [-0.39, 0.29) is 22.7 Å². The third-order valence-corrected chi connectivity index (χ3v) is 3.83. The van der Waals surface area contributed by atoms with E-state index >= 15 is 0 Å². The second kappa shape index (κ2) is 16.9. The molecule has 0 fully saturated rings. The smallest absolute Gasteiger partial charge is 0.246 e. The minimum Gasteiger partial charge on any atom is -0.303 e. The first-order valence-electron chi connectivity index (χ1n) is 9.43. The highest BCUT2D eigenvalue weighted by molar-refractivity contribution is 5.49. The Labute approximate surface area is 160 Å². The summed E-state index contributed by atoms with van der Waals surface area (Å²) in [6.07, 6.45) is 17.6. The van der Waals surface area contributed by atoms with E-state index in [1.165, 1.54) is 0 Å². The molecule has 0 aromatic rings. The summed E-state index contributed by atoms with van der Waals surface area (Å²) < 4.78 is 0. The highest BCUT2D eigenvalue weighted by atomic mass is 16.6. The van der Waals surface area contributed by atoms with Crippen LogP contribution >= 0.6 is 0 Å². The van der Waals surface area contributed by atoms with E-state index in [2.05, 4.69) is 6.92 Å². The fourth-order valence-corrected chi connectivity index (χ4v) is 2.30. The maximum Gasteiger partial charge on any atom is 0.246 e. The number of unbranched alkanes of at least 4 members (excludes halogenated alkanes) is 4. The van der Waals surface area contributed by atoms with Crippen LogP contribution in [0.3, 0.4) is 0 Å². The van der Waals surface area contributed by atoms with Gasteiger partial charge in [-0.3, -0.25) is 20.2 Å². The molecule has 0 aliphatic rings. The van der Waals surface area contributed by atoms with Gasteiger partial charge in [-0.1, -0.05) is 44.1 Å². The van der Waals surface area contributed by atoms with Crippen molar-refractivity contribution in [3.05, 3.63) is 68.1 Å². The zero-order valence-corrected chi connectivity index (χ0v) is 16.0. The van der Waals surface area contributed by atoms with Gasteiger partial charge in [0.2, 0.25) is 11.4 Å². The molecule has 0 aromatic heterocycles. The standard InChI is InChI=1S/C20H30N2O5/c1-2-3-9-14-19(21(24)25)15-10-6-4-5-7-11-16-20(22(26)27)17-12-8-13-18-23/h4,6-7,11,15,17-18H,2-3,5,8-10,12-14,16H2,1H3/b6-4-,11-7-,19-15+,20-17+. The van der Waals surface area contributed by atoms with Crippen molar-refractivity contribution in [3.8, 4) is 0 Å². The molecule has 0 radical (unpaired) electrons. The highest BCUT2D eigenvalue weighted by Gasteiger charge is 2.08. The van der Waals surface area contributed by atoms with Crippen LogP contribution in [0.25, 0.3) is 0 Å². The largest absolute Gasteiger partial charge is 0.303 e. The summed E-state index contributed by atoms with van der Waals surface area (Å²) in [5.41, 5.74) is 0.394. The molecule has 0 aromatic carbocycles. The average molecular weight is 378 g/mol. The van der Waals surface area contributed by atoms with E-state index < -0.39 is 4.92 Å². The third kappa shape index (κ3) is 14.3. The molecule has 0 N–H and O–H groups in total. The Bertz CT molecular complexity index is 577. The predicted octanol–water partition coefficient (Wildman–Crippen LogP) is 5.54. The van der Waals surface area contributed by atoms with Gasteiger partial charge < -0.3 is 4.79 Å². The summed E-state index contributed by atoms with van der Waals surface area (Å²) in [5, 5.41) is 21.9. The number of nitrogens with zero attached hydrogens (tertiary/aromatic N) is 2. The third-order valence-electron chi connectivity index (χ3n) is 3.83. The van der Waals surface area contributed by atoms with E-state index in [9.17, 15) is 25.0 Å². The molecule has 0 aliphatic carbocycles. The van der Waals surface area contributed by atoms with Gasteiger partial charge in [0.15, 0.2) is 0 Å². The van der Waals surface area contributed by atoms with Gasteiger partial charge in [0, 0.05) is 12.8 Å². The molecule has 0 saturated carbocycles. The number of aldehydes is 1. The van der Waals surface area contributed by atoms with Crippen LogP contribution in [0.5, 0.6) is 0 Å². The van der Waals surface area contributed by atoms with Gasteiger partial charge in [0.25, 0.3) is 0 Å². The molecule has 0 heterocycles. The molecule has 0 unspecified atom stereocenters. The van der Waals surface area contributed by atoms with Gasteiger partial charge in [-0.25, -0.2) is 0 Å². The van der Waals surface area contributed by atoms with Crippen molar-refractivity contribution in [1.29, 1.82) is 0 Å². The van der Waals surface area contributed by atoms with Gasteiger partial charge in [-0.15, -0.1) is 0 Å². The van der Waals surface area contributed by atoms with Gasteiger partial charge in [0.1, 0.15) is 6.29 Å². The number of rotatable bonds is 16. The molecule has 0 rings (SSSR count). The molecule has 0 spiro atoms. The number of carbonyl (C=O) groups excluding carboxylic acids is 1. The Hall–Kier alpha value is -2.57. The Balaban J connectivity index is 4.27. The minimum absolute atomic E-state index is 0.131. The maximum absolute atomic E-state index is 11.0. The van der Waals surface area contributed by atoms with E-state index in [1.54, 1.807) is 18.2 Å². The van der Waals surface area contributed by atoms with Gasteiger partial charge >= 0.3 is 0 Å². The zero-order chi connectivity index (χ0) is 20.3. The van der Waals surface area contributed by atoms with Crippen LogP contribution in [0.15, 0.2) is 47.9 Å². The van der Waals surface area contributed by atoms with Gasteiger partial charge in [-0.2, -0.15) is 0 Å². The lowest BCUT2D eigenvalue weighted by molar-refractivity contribution is -0.428. The molecule has 150 valence electrons. The Morgan fingerprint density at radius 3 is 2.11 bits per heavy atom. The molecular weight excluding hydrogens is 348 g/mol. The molecular formula is C20H30N2O5. The lowest BCUT2D eigenvalue weighted by Crippen LogP contribution is -1.98. The van der Waals surface area contributed by atoms with E-state index in [0.717, 1.165) is 25.5 Å². The van der Waals surface area contributed by atoms with Crippen LogP contribution in [-0.2, 0) is 4.79 Å². The molecule has 0 aliphatic heterocycles. The fraction of sp³-hybridized carbons (Fsp3) is 0.550. The zero-order valence-electron chi connectivity index (χ0n) is 16.0. The van der Waals surface area contributed by atoms with Crippen LogP contribution in [0.2, 0.25) is 0 Å². The van der Waals surface area contributed by atoms with Crippen molar-refractivity contribution in [2.24, 2.45) is 0 Å². The van der Waals surface area contributed by atoms with Crippen molar-refractivity contribution in [2.45, 2.75) is 71.1 Å². The number of carbonyl (C=O) groups is 1. The van der Waals surface area contributed by atoms with Gasteiger partial charge in [0.05, 0.1) is 16.3 Å². The molecule has 0 atom stereocenters. The Morgan fingerprint density at radius 2 is 1.48 bits per heavy atom. The summed E-state index contributed by atoms with van der Waals surface area (Å²) in [4.78, 5) is 31.4. The van der Waals surface area contributed by atoms with Gasteiger partial charge in [-0.05, 0) is 44.3 Å². The molecule has 0 saturated heterocycles. The monoisotopic (exact) mass is 378 g/mol. The number of allylic oxidation sites excluding steroid dienone is 7. The lowest BCUT2D eigenvalue weighted by atomic mass is 10.1. The molecule has 27 heavy (non-hydrogen) atoms. The first-order chi connectivity index (χ1) is 13.0. The Kier molecular flexibility index (Phi) is 15.3. The predicted molar refractivity (Wildman–Crippen MR) is 106 cm³/mol. The molecule has 0 amide bonds. The molecule has 0 bridgehead atoms. The van der Waals surface area contributed by atoms with Crippen molar-refractivity contribution in [1.82, 2.24) is 0 Å². The Morgan fingerprint density at radius 1 is 0.815 bits per heavy atom. The van der Waals surface area contributed by atoms with E-state index in [0.29, 0.717) is 38.5 Å². The minimum atomic E-state index is -0.399. The maximum atomic E-state index is 11.0. The van der Waals surface area contributed by atoms with Crippen LogP contribution in [0.4, 0.5) is 0 Å². The first kappa shape index (κ1) is 24.4. The first-order valence-corrected chi connectivity index (χ1v) is 9.43. The summed E-state index contributed by atoms with van der Waals surface area (Å²) in [5.74, 6) is 0. The van der Waals surface area contributed by atoms with Crippen LogP contribution in [0.1, 0.15) is 71.1 Å². The van der Waals surface area contributed by atoms with E-state index in [4.69, 9.17) is 0 Å². The highest BCUT2D eigenvalue weighted by Crippen LogP contribution is 2.11. The summed E-state index contributed by atoms with van der Waals surface area (Å²) in [6, 6.07) is 0. The molecule has 7 heteroatoms. The van der Waals surface area contributed by atoms with E-state index in [1.807, 2.05) is 18.2 Å². The average Bonchev–Trinajstić information content (AvgIpc) is 2.63. The van der Waals surface area contributed by atoms with Crippen LogP contribution in [0, 0.1) is 20.2 Å². The normalized spacial score (nSPS) is 12.8.